The van der Waals surface area contributed by atoms with Crippen molar-refractivity contribution in [1.29, 1.82) is 0 Å². The van der Waals surface area contributed by atoms with Gasteiger partial charge in [0.15, 0.2) is 6.04 Å². The molecule has 2 heterocycles. The van der Waals surface area contributed by atoms with Crippen molar-refractivity contribution < 1.29 is 14.7 Å². The summed E-state index contributed by atoms with van der Waals surface area (Å²) in [5.41, 5.74) is 2.45. The summed E-state index contributed by atoms with van der Waals surface area (Å²) < 4.78 is 0.196. The minimum Gasteiger partial charge on any atom is -0.479 e. The Hall–Kier alpha value is -3.10. The van der Waals surface area contributed by atoms with Gasteiger partial charge >= 0.3 is 5.97 Å². The van der Waals surface area contributed by atoms with Crippen LogP contribution in [0.5, 0.6) is 0 Å². The number of aliphatic carboxylic acids is 1. The van der Waals surface area contributed by atoms with Crippen molar-refractivity contribution in [3.05, 3.63) is 77.0 Å². The van der Waals surface area contributed by atoms with E-state index in [9.17, 15) is 14.7 Å². The minimum atomic E-state index is -1.18. The maximum absolute atomic E-state index is 12.9. The number of para-hydroxylation sites is 2. The number of thioether (sulfide) groups is 1. The quantitative estimate of drug-likeness (QED) is 0.522. The zero-order valence-corrected chi connectivity index (χ0v) is 16.0. The van der Waals surface area contributed by atoms with Gasteiger partial charge in [-0.25, -0.2) is 9.78 Å². The van der Waals surface area contributed by atoms with E-state index < -0.39 is 17.9 Å². The average molecular weight is 407 g/mol. The molecule has 1 aliphatic heterocycles. The first kappa shape index (κ1) is 18.3. The molecule has 0 saturated carbocycles. The molecule has 0 unspecified atom stereocenters. The predicted molar refractivity (Wildman–Crippen MR) is 111 cm³/mol. The van der Waals surface area contributed by atoms with E-state index in [0.717, 1.165) is 22.2 Å². The van der Waals surface area contributed by atoms with Crippen LogP contribution in [0.15, 0.2) is 65.7 Å². The molecule has 6 nitrogen and oxygen atoms in total. The fraction of sp³-hybridized carbons (Fsp3) is 0.0500. The van der Waals surface area contributed by atoms with Crippen molar-refractivity contribution in [3.63, 3.8) is 0 Å². The summed E-state index contributed by atoms with van der Waals surface area (Å²) in [6.45, 7) is 0. The van der Waals surface area contributed by atoms with E-state index >= 15 is 0 Å². The minimum absolute atomic E-state index is 0.196. The first-order chi connectivity index (χ1) is 13.5. The summed E-state index contributed by atoms with van der Waals surface area (Å²) in [6.07, 6.45) is 3.16. The second-order valence-corrected chi connectivity index (χ2v) is 7.66. The maximum Gasteiger partial charge on any atom is 0.331 e. The lowest BCUT2D eigenvalue weighted by Crippen LogP contribution is -2.37. The molecule has 1 amide bonds. The Morgan fingerprint density at radius 2 is 1.79 bits per heavy atom. The van der Waals surface area contributed by atoms with E-state index in [1.165, 1.54) is 0 Å². The molecule has 1 saturated heterocycles. The van der Waals surface area contributed by atoms with Crippen LogP contribution < -0.4 is 0 Å². The largest absolute Gasteiger partial charge is 0.479 e. The molecule has 2 aromatic carbocycles. The number of carboxylic acid groups (broad SMARTS) is 1. The van der Waals surface area contributed by atoms with Gasteiger partial charge in [-0.2, -0.15) is 0 Å². The highest BCUT2D eigenvalue weighted by molar-refractivity contribution is 8.26. The van der Waals surface area contributed by atoms with Gasteiger partial charge in [-0.1, -0.05) is 66.4 Å². The monoisotopic (exact) mass is 407 g/mol. The van der Waals surface area contributed by atoms with Gasteiger partial charge in [0.2, 0.25) is 0 Å². The van der Waals surface area contributed by atoms with Crippen LogP contribution in [0.3, 0.4) is 0 Å². The maximum atomic E-state index is 12.9. The van der Waals surface area contributed by atoms with Gasteiger partial charge in [-0.15, -0.1) is 0 Å². The molecule has 8 heteroatoms. The van der Waals surface area contributed by atoms with Gasteiger partial charge in [-0.3, -0.25) is 14.7 Å². The number of carboxylic acids is 1. The molecule has 3 aromatic rings. The number of amides is 1. The third-order valence-electron chi connectivity index (χ3n) is 4.18. The third kappa shape index (κ3) is 3.39. The van der Waals surface area contributed by atoms with Gasteiger partial charge in [0.25, 0.3) is 5.91 Å². The van der Waals surface area contributed by atoms with Crippen molar-refractivity contribution in [2.75, 3.05) is 0 Å². The summed E-state index contributed by atoms with van der Waals surface area (Å²) in [4.78, 5) is 35.1. The number of rotatable bonds is 4. The van der Waals surface area contributed by atoms with Crippen molar-refractivity contribution >= 4 is 57.3 Å². The number of hydrogen-bond acceptors (Lipinski definition) is 6. The molecule has 0 radical (unpaired) electrons. The van der Waals surface area contributed by atoms with Crippen molar-refractivity contribution in [2.24, 2.45) is 0 Å². The van der Waals surface area contributed by atoms with Crippen LogP contribution in [-0.4, -0.2) is 36.2 Å². The van der Waals surface area contributed by atoms with Gasteiger partial charge in [0, 0.05) is 0 Å². The molecule has 1 aliphatic rings. The molecule has 1 fully saturated rings. The summed E-state index contributed by atoms with van der Waals surface area (Å²) in [5, 5.41) is 9.71. The summed E-state index contributed by atoms with van der Waals surface area (Å²) in [7, 11) is 0. The van der Waals surface area contributed by atoms with Gasteiger partial charge < -0.3 is 5.11 Å². The first-order valence-corrected chi connectivity index (χ1v) is 9.53. The smallest absolute Gasteiger partial charge is 0.331 e. The molecule has 0 spiro atoms. The third-order valence-corrected chi connectivity index (χ3v) is 5.51. The molecule has 1 N–H and O–H groups in total. The van der Waals surface area contributed by atoms with E-state index in [1.54, 1.807) is 42.6 Å². The molecule has 28 heavy (non-hydrogen) atoms. The van der Waals surface area contributed by atoms with E-state index in [4.69, 9.17) is 12.2 Å². The normalized spacial score (nSPS) is 16.7. The highest BCUT2D eigenvalue weighted by Crippen LogP contribution is 2.38. The number of benzene rings is 2. The number of thiocarbonyl (C=S) groups is 1. The Labute approximate surface area is 169 Å². The number of aromatic nitrogens is 2. The molecular weight excluding hydrogens is 394 g/mol. The Kier molecular flexibility index (Phi) is 4.89. The van der Waals surface area contributed by atoms with E-state index in [2.05, 4.69) is 9.97 Å². The summed E-state index contributed by atoms with van der Waals surface area (Å²) >= 11 is 6.37. The Balaban J connectivity index is 1.69. The molecule has 1 aromatic heterocycles. The Morgan fingerprint density at radius 3 is 2.50 bits per heavy atom. The Morgan fingerprint density at radius 1 is 1.11 bits per heavy atom. The van der Waals surface area contributed by atoms with E-state index in [0.29, 0.717) is 21.7 Å². The number of carbonyl (C=O) groups is 2. The van der Waals surface area contributed by atoms with Crippen molar-refractivity contribution in [1.82, 2.24) is 14.9 Å². The number of hydrogen-bond donors (Lipinski definition) is 1. The van der Waals surface area contributed by atoms with Crippen LogP contribution in [0, 0.1) is 0 Å². The van der Waals surface area contributed by atoms with Crippen LogP contribution in [0.2, 0.25) is 0 Å². The second-order valence-electron chi connectivity index (χ2n) is 5.99. The van der Waals surface area contributed by atoms with Gasteiger partial charge in [-0.05, 0) is 23.8 Å². The summed E-state index contributed by atoms with van der Waals surface area (Å²) in [5.74, 6) is -1.60. The lowest BCUT2D eigenvalue weighted by atomic mass is 10.1. The zero-order valence-electron chi connectivity index (χ0n) is 14.4. The average Bonchev–Trinajstić information content (AvgIpc) is 2.96. The summed E-state index contributed by atoms with van der Waals surface area (Å²) in [6, 6.07) is 14.8. The fourth-order valence-corrected chi connectivity index (χ4v) is 4.21. The number of nitrogens with zero attached hydrogens (tertiary/aromatic N) is 3. The zero-order chi connectivity index (χ0) is 19.7. The number of fused-ring (bicyclic) bond motifs is 1. The van der Waals surface area contributed by atoms with Crippen LogP contribution in [-0.2, 0) is 9.59 Å². The van der Waals surface area contributed by atoms with E-state index in [-0.39, 0.29) is 4.32 Å². The predicted octanol–water partition coefficient (Wildman–Crippen LogP) is 3.66. The van der Waals surface area contributed by atoms with Crippen LogP contribution in [0.4, 0.5) is 0 Å². The standard InChI is InChI=1S/C20H13N3O3S2/c24-18-16(10-13-11-21-14-8-4-5-9-15(14)22-13)28-20(27)23(18)17(19(25)26)12-6-2-1-3-7-12/h1-11,17H,(H,25,26)/b16-10-/t17-/m0/s1. The molecule has 138 valence electrons. The van der Waals surface area contributed by atoms with Gasteiger partial charge in [0.1, 0.15) is 4.32 Å². The van der Waals surface area contributed by atoms with E-state index in [1.807, 2.05) is 24.3 Å². The molecule has 0 bridgehead atoms. The fourth-order valence-electron chi connectivity index (χ4n) is 2.92. The van der Waals surface area contributed by atoms with Crippen molar-refractivity contribution in [2.45, 2.75) is 6.04 Å². The molecule has 1 atom stereocenters. The van der Waals surface area contributed by atoms with Crippen LogP contribution in [0.25, 0.3) is 17.1 Å². The first-order valence-electron chi connectivity index (χ1n) is 8.31. The lowest BCUT2D eigenvalue weighted by Gasteiger charge is -2.23. The SMILES string of the molecule is O=C(O)[C@H](c1ccccc1)N1C(=O)/C(=C/c2cnc3ccccc3n2)SC1=S. The topological polar surface area (TPSA) is 83.4 Å². The molecule has 0 aliphatic carbocycles. The highest BCUT2D eigenvalue weighted by atomic mass is 32.2. The van der Waals surface area contributed by atoms with Crippen LogP contribution in [0.1, 0.15) is 17.3 Å². The Bertz CT molecular complexity index is 1130. The molecular formula is C20H13N3O3S2. The highest BCUT2D eigenvalue weighted by Gasteiger charge is 2.41. The van der Waals surface area contributed by atoms with Crippen molar-refractivity contribution in [3.8, 4) is 0 Å². The number of carbonyl (C=O) groups excluding carboxylic acids is 1. The molecule has 4 rings (SSSR count). The van der Waals surface area contributed by atoms with Crippen LogP contribution >= 0.6 is 24.0 Å². The lowest BCUT2D eigenvalue weighted by molar-refractivity contribution is -0.145. The van der Waals surface area contributed by atoms with Gasteiger partial charge in [0.05, 0.1) is 27.8 Å². The second kappa shape index (κ2) is 7.49.